The first-order valence-corrected chi connectivity index (χ1v) is 7.88. The summed E-state index contributed by atoms with van der Waals surface area (Å²) in [5.74, 6) is -0.0161. The molecule has 0 saturated heterocycles. The number of benzene rings is 1. The normalized spacial score (nSPS) is 11.2. The van der Waals surface area contributed by atoms with Crippen LogP contribution in [0, 0.1) is 6.92 Å². The van der Waals surface area contributed by atoms with Crippen molar-refractivity contribution in [2.75, 3.05) is 16.2 Å². The van der Waals surface area contributed by atoms with Gasteiger partial charge in [-0.25, -0.2) is 8.42 Å². The van der Waals surface area contributed by atoms with Crippen molar-refractivity contribution in [1.82, 2.24) is 4.98 Å². The highest BCUT2D eigenvalue weighted by molar-refractivity contribution is 7.92. The number of hydrogen-bond donors (Lipinski definition) is 2. The topological polar surface area (TPSA) is 85.1 Å². The number of nitrogens with zero attached hydrogens (tertiary/aromatic N) is 1. The van der Waals surface area contributed by atoms with Gasteiger partial charge in [-0.15, -0.1) is 0 Å². The van der Waals surface area contributed by atoms with Gasteiger partial charge in [0.15, 0.2) is 0 Å². The van der Waals surface area contributed by atoms with Gasteiger partial charge in [-0.1, -0.05) is 12.1 Å². The molecule has 5 nitrogen and oxygen atoms in total. The van der Waals surface area contributed by atoms with Gasteiger partial charge in [0.05, 0.1) is 11.4 Å². The number of rotatable bonds is 5. The van der Waals surface area contributed by atoms with Crippen LogP contribution >= 0.6 is 0 Å². The number of pyridine rings is 1. The van der Waals surface area contributed by atoms with Crippen molar-refractivity contribution in [1.29, 1.82) is 0 Å². The molecule has 2 aromatic rings. The average Bonchev–Trinajstić information content (AvgIpc) is 2.42. The van der Waals surface area contributed by atoms with Crippen molar-refractivity contribution < 1.29 is 8.42 Å². The molecule has 0 fully saturated rings. The Morgan fingerprint density at radius 3 is 2.70 bits per heavy atom. The minimum absolute atomic E-state index is 0.0161. The van der Waals surface area contributed by atoms with Crippen molar-refractivity contribution in [2.24, 2.45) is 0 Å². The first-order valence-electron chi connectivity index (χ1n) is 6.23. The fourth-order valence-electron chi connectivity index (χ4n) is 1.72. The Balaban J connectivity index is 2.02. The monoisotopic (exact) mass is 291 g/mol. The SMILES string of the molecule is Cc1ccc(NS(=O)(=O)CCc2ccccn2)cc1N. The molecule has 0 amide bonds. The molecule has 0 radical (unpaired) electrons. The molecule has 0 bridgehead atoms. The molecule has 6 heteroatoms. The van der Waals surface area contributed by atoms with Crippen LogP contribution in [0.2, 0.25) is 0 Å². The maximum atomic E-state index is 12.0. The minimum Gasteiger partial charge on any atom is -0.398 e. The first-order chi connectivity index (χ1) is 9.46. The summed E-state index contributed by atoms with van der Waals surface area (Å²) in [5, 5.41) is 0. The van der Waals surface area contributed by atoms with Crippen molar-refractivity contribution in [3.05, 3.63) is 53.9 Å². The van der Waals surface area contributed by atoms with Crippen LogP contribution in [0.25, 0.3) is 0 Å². The number of nitrogen functional groups attached to an aromatic ring is 1. The summed E-state index contributed by atoms with van der Waals surface area (Å²) in [6, 6.07) is 10.5. The second-order valence-electron chi connectivity index (χ2n) is 4.56. The fourth-order valence-corrected chi connectivity index (χ4v) is 2.79. The number of aromatic nitrogens is 1. The Morgan fingerprint density at radius 2 is 2.05 bits per heavy atom. The van der Waals surface area contributed by atoms with Crippen LogP contribution in [-0.4, -0.2) is 19.2 Å². The van der Waals surface area contributed by atoms with E-state index < -0.39 is 10.0 Å². The van der Waals surface area contributed by atoms with Gasteiger partial charge in [-0.2, -0.15) is 0 Å². The van der Waals surface area contributed by atoms with Gasteiger partial charge in [0.1, 0.15) is 0 Å². The number of nitrogens with one attached hydrogen (secondary N) is 1. The third kappa shape index (κ3) is 3.96. The van der Waals surface area contributed by atoms with Crippen LogP contribution < -0.4 is 10.5 Å². The lowest BCUT2D eigenvalue weighted by atomic mass is 10.2. The minimum atomic E-state index is -3.41. The van der Waals surface area contributed by atoms with E-state index in [2.05, 4.69) is 9.71 Å². The molecule has 0 saturated carbocycles. The molecule has 1 aromatic heterocycles. The Labute approximate surface area is 118 Å². The zero-order valence-electron chi connectivity index (χ0n) is 11.2. The Bertz CT molecular complexity index is 685. The quantitative estimate of drug-likeness (QED) is 0.825. The summed E-state index contributed by atoms with van der Waals surface area (Å²) in [4.78, 5) is 4.10. The van der Waals surface area contributed by atoms with E-state index in [0.29, 0.717) is 17.8 Å². The lowest BCUT2D eigenvalue weighted by Crippen LogP contribution is -2.18. The lowest BCUT2D eigenvalue weighted by Gasteiger charge is -2.09. The smallest absolute Gasteiger partial charge is 0.233 e. The van der Waals surface area contributed by atoms with Gasteiger partial charge in [0, 0.05) is 24.0 Å². The van der Waals surface area contributed by atoms with Crippen molar-refractivity contribution in [2.45, 2.75) is 13.3 Å². The number of aryl methyl sites for hydroxylation is 2. The molecule has 0 unspecified atom stereocenters. The zero-order chi connectivity index (χ0) is 14.6. The van der Waals surface area contributed by atoms with Crippen LogP contribution in [0.15, 0.2) is 42.6 Å². The van der Waals surface area contributed by atoms with Gasteiger partial charge < -0.3 is 5.73 Å². The molecule has 0 aliphatic heterocycles. The van der Waals surface area contributed by atoms with Crippen molar-refractivity contribution in [3.8, 4) is 0 Å². The summed E-state index contributed by atoms with van der Waals surface area (Å²) in [6.45, 7) is 1.87. The fraction of sp³-hybridized carbons (Fsp3) is 0.214. The Morgan fingerprint density at radius 1 is 1.25 bits per heavy atom. The molecular weight excluding hydrogens is 274 g/mol. The van der Waals surface area contributed by atoms with E-state index in [1.165, 1.54) is 0 Å². The van der Waals surface area contributed by atoms with E-state index in [4.69, 9.17) is 5.73 Å². The molecule has 1 heterocycles. The maximum absolute atomic E-state index is 12.0. The van der Waals surface area contributed by atoms with E-state index in [1.807, 2.05) is 13.0 Å². The van der Waals surface area contributed by atoms with Gasteiger partial charge in [-0.05, 0) is 36.8 Å². The van der Waals surface area contributed by atoms with Crippen molar-refractivity contribution >= 4 is 21.4 Å². The Kier molecular flexibility index (Phi) is 4.24. The molecule has 20 heavy (non-hydrogen) atoms. The molecule has 3 N–H and O–H groups in total. The molecule has 0 spiro atoms. The molecule has 1 aromatic carbocycles. The van der Waals surface area contributed by atoms with Gasteiger partial charge >= 0.3 is 0 Å². The first kappa shape index (κ1) is 14.3. The van der Waals surface area contributed by atoms with E-state index in [1.54, 1.807) is 36.5 Å². The number of anilines is 2. The molecule has 2 rings (SSSR count). The third-order valence-electron chi connectivity index (χ3n) is 2.91. The summed E-state index contributed by atoms with van der Waals surface area (Å²) >= 11 is 0. The predicted octanol–water partition coefficient (Wildman–Crippen LogP) is 1.96. The molecule has 106 valence electrons. The number of nitrogens with two attached hydrogens (primary N) is 1. The van der Waals surface area contributed by atoms with Crippen LogP contribution in [0.5, 0.6) is 0 Å². The lowest BCUT2D eigenvalue weighted by molar-refractivity contribution is 0.600. The Hall–Kier alpha value is -2.08. The summed E-state index contributed by atoms with van der Waals surface area (Å²) in [5.41, 5.74) is 8.47. The van der Waals surface area contributed by atoms with Crippen molar-refractivity contribution in [3.63, 3.8) is 0 Å². The zero-order valence-corrected chi connectivity index (χ0v) is 12.0. The third-order valence-corrected chi connectivity index (χ3v) is 4.19. The van der Waals surface area contributed by atoms with Crippen LogP contribution in [0.3, 0.4) is 0 Å². The van der Waals surface area contributed by atoms with E-state index in [-0.39, 0.29) is 5.75 Å². The van der Waals surface area contributed by atoms with E-state index >= 15 is 0 Å². The van der Waals surface area contributed by atoms with Gasteiger partial charge in [-0.3, -0.25) is 9.71 Å². The number of sulfonamides is 1. The van der Waals surface area contributed by atoms with Gasteiger partial charge in [0.25, 0.3) is 0 Å². The second-order valence-corrected chi connectivity index (χ2v) is 6.41. The molecule has 0 aliphatic rings. The molecular formula is C14H17N3O2S. The molecule has 0 atom stereocenters. The van der Waals surface area contributed by atoms with Gasteiger partial charge in [0.2, 0.25) is 10.0 Å². The predicted molar refractivity (Wildman–Crippen MR) is 80.9 cm³/mol. The maximum Gasteiger partial charge on any atom is 0.233 e. The van der Waals surface area contributed by atoms with Crippen LogP contribution in [0.4, 0.5) is 11.4 Å². The standard InChI is InChI=1S/C14H17N3O2S/c1-11-5-6-13(10-14(11)15)17-20(18,19)9-7-12-4-2-3-8-16-12/h2-6,8,10,17H,7,9,15H2,1H3. The second kappa shape index (κ2) is 5.92. The van der Waals surface area contributed by atoms with Crippen LogP contribution in [-0.2, 0) is 16.4 Å². The summed E-state index contributed by atoms with van der Waals surface area (Å²) in [6.07, 6.45) is 2.02. The van der Waals surface area contributed by atoms with Crippen LogP contribution in [0.1, 0.15) is 11.3 Å². The van der Waals surface area contributed by atoms with E-state index in [0.717, 1.165) is 11.3 Å². The average molecular weight is 291 g/mol. The number of hydrogen-bond acceptors (Lipinski definition) is 4. The van der Waals surface area contributed by atoms with E-state index in [9.17, 15) is 8.42 Å². The summed E-state index contributed by atoms with van der Waals surface area (Å²) < 4.78 is 26.5. The highest BCUT2D eigenvalue weighted by Gasteiger charge is 2.11. The summed E-state index contributed by atoms with van der Waals surface area (Å²) in [7, 11) is -3.41. The highest BCUT2D eigenvalue weighted by atomic mass is 32.2. The largest absolute Gasteiger partial charge is 0.398 e. The highest BCUT2D eigenvalue weighted by Crippen LogP contribution is 2.18. The molecule has 0 aliphatic carbocycles.